The van der Waals surface area contributed by atoms with Crippen LogP contribution < -0.4 is 19.6 Å². The van der Waals surface area contributed by atoms with Gasteiger partial charge in [0.15, 0.2) is 18.1 Å². The molecule has 0 radical (unpaired) electrons. The number of benzene rings is 3. The summed E-state index contributed by atoms with van der Waals surface area (Å²) in [5, 5.41) is 4.05. The molecule has 1 saturated heterocycles. The Hall–Kier alpha value is -2.62. The molecule has 1 heterocycles. The van der Waals surface area contributed by atoms with Crippen LogP contribution in [0.4, 0.5) is 0 Å². The fraction of sp³-hybridized carbons (Fsp3) is 0.259. The Bertz CT molecular complexity index is 1210. The molecular weight excluding hydrogens is 560 g/mol. The highest BCUT2D eigenvalue weighted by Gasteiger charge is 2.18. The van der Waals surface area contributed by atoms with Gasteiger partial charge in [0.1, 0.15) is 12.4 Å². The minimum atomic E-state index is -0.349. The number of rotatable bonds is 10. The average Bonchev–Trinajstić information content (AvgIpc) is 3.43. The second-order valence-corrected chi connectivity index (χ2v) is 11.6. The van der Waals surface area contributed by atoms with Crippen molar-refractivity contribution in [1.82, 2.24) is 5.43 Å². The van der Waals surface area contributed by atoms with E-state index < -0.39 is 0 Å². The molecule has 0 aliphatic carbocycles. The monoisotopic (exact) mass is 586 g/mol. The van der Waals surface area contributed by atoms with Crippen molar-refractivity contribution >= 4 is 51.6 Å². The molecule has 1 fully saturated rings. The highest BCUT2D eigenvalue weighted by atomic mass is 79.9. The molecule has 6 nitrogen and oxygen atoms in total. The van der Waals surface area contributed by atoms with Crippen LogP contribution in [0.3, 0.4) is 0 Å². The van der Waals surface area contributed by atoms with Crippen LogP contribution in [-0.2, 0) is 11.4 Å². The third-order valence-corrected chi connectivity index (χ3v) is 9.09. The second kappa shape index (κ2) is 13.1. The highest BCUT2D eigenvalue weighted by molar-refractivity contribution is 9.10. The van der Waals surface area contributed by atoms with Gasteiger partial charge in [-0.05, 0) is 58.2 Å². The van der Waals surface area contributed by atoms with Crippen molar-refractivity contribution < 1.29 is 19.0 Å². The standard InChI is InChI=1S/C27H27BrN2O4S2/c1-18-4-3-5-19(12-18)16-34-25-14-23(28)21(13-24(25)32-2)15-29-30-26(31)17-33-22-8-6-20(7-9-22)27-35-10-11-36-27/h3-9,12-15,27H,10-11,16-17H2,1-2H3,(H,30,31)/b29-15-. The molecule has 3 aromatic carbocycles. The largest absolute Gasteiger partial charge is 0.493 e. The van der Waals surface area contributed by atoms with E-state index in [1.54, 1.807) is 19.4 Å². The second-order valence-electron chi connectivity index (χ2n) is 8.03. The van der Waals surface area contributed by atoms with Gasteiger partial charge in [0.2, 0.25) is 0 Å². The molecular formula is C27H27BrN2O4S2. The molecule has 1 amide bonds. The molecule has 1 aliphatic heterocycles. The first kappa shape index (κ1) is 26.4. The number of aryl methyl sites for hydroxylation is 1. The van der Waals surface area contributed by atoms with E-state index in [9.17, 15) is 4.79 Å². The number of hydrazone groups is 1. The molecule has 1 N–H and O–H groups in total. The summed E-state index contributed by atoms with van der Waals surface area (Å²) in [6.07, 6.45) is 1.54. The van der Waals surface area contributed by atoms with Gasteiger partial charge in [-0.25, -0.2) is 5.43 Å². The van der Waals surface area contributed by atoms with Crippen molar-refractivity contribution in [3.05, 3.63) is 87.4 Å². The number of nitrogens with zero attached hydrogens (tertiary/aromatic N) is 1. The van der Waals surface area contributed by atoms with E-state index in [-0.39, 0.29) is 12.5 Å². The molecule has 36 heavy (non-hydrogen) atoms. The molecule has 0 unspecified atom stereocenters. The van der Waals surface area contributed by atoms with Crippen LogP contribution in [0.2, 0.25) is 0 Å². The number of methoxy groups -OCH3 is 1. The topological polar surface area (TPSA) is 69.2 Å². The molecule has 3 aromatic rings. The Labute approximate surface area is 228 Å². The van der Waals surface area contributed by atoms with E-state index in [0.29, 0.717) is 28.4 Å². The summed E-state index contributed by atoms with van der Waals surface area (Å²) in [6, 6.07) is 19.7. The number of amides is 1. The Morgan fingerprint density at radius 2 is 1.86 bits per heavy atom. The van der Waals surface area contributed by atoms with Gasteiger partial charge in [-0.3, -0.25) is 4.79 Å². The Balaban J connectivity index is 1.28. The Morgan fingerprint density at radius 3 is 2.58 bits per heavy atom. The van der Waals surface area contributed by atoms with Crippen LogP contribution >= 0.6 is 39.5 Å². The lowest BCUT2D eigenvalue weighted by Crippen LogP contribution is -2.24. The van der Waals surface area contributed by atoms with Crippen molar-refractivity contribution in [2.75, 3.05) is 25.2 Å². The maximum Gasteiger partial charge on any atom is 0.277 e. The molecule has 0 bridgehead atoms. The number of hydrogen-bond donors (Lipinski definition) is 1. The van der Waals surface area contributed by atoms with Crippen LogP contribution in [0.15, 0.2) is 70.2 Å². The van der Waals surface area contributed by atoms with Gasteiger partial charge in [0.25, 0.3) is 5.91 Å². The van der Waals surface area contributed by atoms with Gasteiger partial charge in [-0.2, -0.15) is 5.10 Å². The molecule has 4 rings (SSSR count). The molecule has 0 aromatic heterocycles. The Kier molecular flexibility index (Phi) is 9.60. The SMILES string of the molecule is COc1cc(/C=N\NC(=O)COc2ccc(C3SCCS3)cc2)c(Br)cc1OCc1cccc(C)c1. The van der Waals surface area contributed by atoms with Gasteiger partial charge in [-0.1, -0.05) is 42.0 Å². The van der Waals surface area contributed by atoms with Gasteiger partial charge in [0, 0.05) is 21.5 Å². The van der Waals surface area contributed by atoms with Crippen LogP contribution in [0, 0.1) is 6.92 Å². The van der Waals surface area contributed by atoms with Crippen molar-refractivity contribution in [3.63, 3.8) is 0 Å². The van der Waals surface area contributed by atoms with E-state index in [4.69, 9.17) is 14.2 Å². The molecule has 9 heteroatoms. The number of nitrogens with one attached hydrogen (secondary N) is 1. The van der Waals surface area contributed by atoms with E-state index >= 15 is 0 Å². The summed E-state index contributed by atoms with van der Waals surface area (Å²) in [5.41, 5.74) is 6.75. The maximum absolute atomic E-state index is 12.2. The number of hydrogen-bond acceptors (Lipinski definition) is 7. The summed E-state index contributed by atoms with van der Waals surface area (Å²) in [6.45, 7) is 2.35. The maximum atomic E-state index is 12.2. The minimum Gasteiger partial charge on any atom is -0.493 e. The summed E-state index contributed by atoms with van der Waals surface area (Å²) in [7, 11) is 1.58. The zero-order chi connectivity index (χ0) is 25.3. The van der Waals surface area contributed by atoms with Crippen LogP contribution in [-0.4, -0.2) is 37.3 Å². The number of ether oxygens (including phenoxy) is 3. The van der Waals surface area contributed by atoms with Gasteiger partial charge in [0.05, 0.1) is 17.9 Å². The van der Waals surface area contributed by atoms with E-state index in [2.05, 4.69) is 44.7 Å². The first-order valence-electron chi connectivity index (χ1n) is 11.4. The van der Waals surface area contributed by atoms with Gasteiger partial charge >= 0.3 is 0 Å². The fourth-order valence-corrected chi connectivity index (χ4v) is 6.80. The quantitative estimate of drug-likeness (QED) is 0.220. The molecule has 0 spiro atoms. The Morgan fingerprint density at radius 1 is 1.08 bits per heavy atom. The first-order valence-corrected chi connectivity index (χ1v) is 14.2. The average molecular weight is 588 g/mol. The molecule has 188 valence electrons. The molecule has 0 saturated carbocycles. The van der Waals surface area contributed by atoms with Gasteiger partial charge in [-0.15, -0.1) is 23.5 Å². The summed E-state index contributed by atoms with van der Waals surface area (Å²) >= 11 is 7.45. The normalized spacial score (nSPS) is 13.6. The lowest BCUT2D eigenvalue weighted by Gasteiger charge is -2.13. The van der Waals surface area contributed by atoms with Crippen LogP contribution in [0.5, 0.6) is 17.2 Å². The minimum absolute atomic E-state index is 0.125. The third kappa shape index (κ3) is 7.44. The van der Waals surface area contributed by atoms with Crippen molar-refractivity contribution in [2.45, 2.75) is 18.1 Å². The lowest BCUT2D eigenvalue weighted by molar-refractivity contribution is -0.123. The first-order chi connectivity index (χ1) is 17.5. The van der Waals surface area contributed by atoms with E-state index in [0.717, 1.165) is 15.6 Å². The number of carbonyl (C=O) groups excluding carboxylic acids is 1. The summed E-state index contributed by atoms with van der Waals surface area (Å²) < 4.78 is 18.3. The van der Waals surface area contributed by atoms with E-state index in [1.165, 1.54) is 22.6 Å². The predicted octanol–water partition coefficient (Wildman–Crippen LogP) is 6.35. The zero-order valence-corrected chi connectivity index (χ0v) is 23.3. The predicted molar refractivity (Wildman–Crippen MR) is 152 cm³/mol. The summed E-state index contributed by atoms with van der Waals surface area (Å²) in [4.78, 5) is 12.2. The summed E-state index contributed by atoms with van der Waals surface area (Å²) in [5.74, 6) is 3.85. The highest BCUT2D eigenvalue weighted by Crippen LogP contribution is 2.45. The molecule has 1 aliphatic rings. The van der Waals surface area contributed by atoms with Crippen molar-refractivity contribution in [2.24, 2.45) is 5.10 Å². The number of halogens is 1. The number of carbonyl (C=O) groups is 1. The fourth-order valence-electron chi connectivity index (χ4n) is 3.51. The molecule has 0 atom stereocenters. The van der Waals surface area contributed by atoms with Crippen molar-refractivity contribution in [1.29, 1.82) is 0 Å². The smallest absolute Gasteiger partial charge is 0.277 e. The van der Waals surface area contributed by atoms with E-state index in [1.807, 2.05) is 66.8 Å². The van der Waals surface area contributed by atoms with Crippen LogP contribution in [0.1, 0.15) is 26.8 Å². The van der Waals surface area contributed by atoms with Crippen LogP contribution in [0.25, 0.3) is 0 Å². The third-order valence-electron chi connectivity index (χ3n) is 5.30. The zero-order valence-electron chi connectivity index (χ0n) is 20.0. The lowest BCUT2D eigenvalue weighted by atomic mass is 10.1. The van der Waals surface area contributed by atoms with Crippen molar-refractivity contribution in [3.8, 4) is 17.2 Å². The van der Waals surface area contributed by atoms with Gasteiger partial charge < -0.3 is 14.2 Å². The number of thioether (sulfide) groups is 2.